The summed E-state index contributed by atoms with van der Waals surface area (Å²) in [6.07, 6.45) is 3.73. The van der Waals surface area contributed by atoms with Crippen LogP contribution in [-0.2, 0) is 28.1 Å². The van der Waals surface area contributed by atoms with E-state index in [0.29, 0.717) is 42.0 Å². The van der Waals surface area contributed by atoms with Crippen LogP contribution in [0.3, 0.4) is 0 Å². The van der Waals surface area contributed by atoms with E-state index in [-0.39, 0.29) is 23.8 Å². The van der Waals surface area contributed by atoms with Gasteiger partial charge < -0.3 is 23.6 Å². The highest BCUT2D eigenvalue weighted by atomic mass is 28.4. The first-order chi connectivity index (χ1) is 18.5. The van der Waals surface area contributed by atoms with Gasteiger partial charge in [0.2, 0.25) is 8.41 Å². The zero-order valence-corrected chi connectivity index (χ0v) is 23.8. The second kappa shape index (κ2) is 9.99. The lowest BCUT2D eigenvalue weighted by Gasteiger charge is -2.31. The number of anilines is 1. The number of hydrogen-bond donors (Lipinski definition) is 1. The summed E-state index contributed by atoms with van der Waals surface area (Å²) < 4.78 is 31.0. The van der Waals surface area contributed by atoms with Crippen molar-refractivity contribution in [1.82, 2.24) is 19.6 Å². The lowest BCUT2D eigenvalue weighted by Crippen LogP contribution is -2.44. The van der Waals surface area contributed by atoms with Gasteiger partial charge in [0.15, 0.2) is 11.4 Å². The lowest BCUT2D eigenvalue weighted by molar-refractivity contribution is -0.145. The molecule has 0 aliphatic carbocycles. The van der Waals surface area contributed by atoms with E-state index in [1.165, 1.54) is 11.7 Å². The van der Waals surface area contributed by atoms with E-state index < -0.39 is 31.6 Å². The van der Waals surface area contributed by atoms with Crippen LogP contribution in [0.2, 0.25) is 18.6 Å². The van der Waals surface area contributed by atoms with Crippen LogP contribution in [0.15, 0.2) is 47.5 Å². The quantitative estimate of drug-likeness (QED) is 0.336. The van der Waals surface area contributed by atoms with Crippen LogP contribution in [0.1, 0.15) is 24.6 Å². The van der Waals surface area contributed by atoms with E-state index in [4.69, 9.17) is 14.6 Å². The van der Waals surface area contributed by atoms with Crippen molar-refractivity contribution >= 4 is 20.0 Å². The summed E-state index contributed by atoms with van der Waals surface area (Å²) in [6.45, 7) is 5.64. The van der Waals surface area contributed by atoms with Gasteiger partial charge in [0.05, 0.1) is 24.6 Å². The lowest BCUT2D eigenvalue weighted by atomic mass is 9.82. The zero-order valence-electron chi connectivity index (χ0n) is 22.8. The van der Waals surface area contributed by atoms with Crippen molar-refractivity contribution < 1.29 is 23.5 Å². The molecule has 1 aromatic carbocycles. The maximum Gasteiger partial charge on any atom is 0.297 e. The number of methoxy groups -OCH3 is 1. The fraction of sp³-hybridized carbons (Fsp3) is 0.481. The molecule has 1 spiro atoms. The van der Waals surface area contributed by atoms with Crippen molar-refractivity contribution in [3.05, 3.63) is 64.3 Å². The van der Waals surface area contributed by atoms with Gasteiger partial charge in [-0.1, -0.05) is 12.1 Å². The third-order valence-electron chi connectivity index (χ3n) is 8.08. The number of nitrogens with zero attached hydrogens (tertiary/aromatic N) is 5. The van der Waals surface area contributed by atoms with Crippen LogP contribution in [0.4, 0.5) is 9.80 Å². The monoisotopic (exact) mass is 555 g/mol. The molecule has 0 bridgehead atoms. The number of benzene rings is 1. The maximum absolute atomic E-state index is 16.0. The first-order valence-corrected chi connectivity index (χ1v) is 16.0. The predicted molar refractivity (Wildman–Crippen MR) is 145 cm³/mol. The summed E-state index contributed by atoms with van der Waals surface area (Å²) >= 11 is 0. The number of halogens is 1. The van der Waals surface area contributed by atoms with Gasteiger partial charge >= 0.3 is 0 Å². The minimum absolute atomic E-state index is 0.0207. The van der Waals surface area contributed by atoms with Crippen LogP contribution < -0.4 is 15.2 Å². The predicted octanol–water partition coefficient (Wildman–Crippen LogP) is 2.81. The largest absolute Gasteiger partial charge is 0.491 e. The minimum Gasteiger partial charge on any atom is -0.491 e. The summed E-state index contributed by atoms with van der Waals surface area (Å²) in [5.41, 5.74) is 0.386. The van der Waals surface area contributed by atoms with Crippen LogP contribution in [0, 0.1) is 5.92 Å². The van der Waals surface area contributed by atoms with Gasteiger partial charge in [-0.15, -0.1) is 5.10 Å². The third-order valence-corrected chi connectivity index (χ3v) is 10.5. The Morgan fingerprint density at radius 3 is 2.72 bits per heavy atom. The van der Waals surface area contributed by atoms with E-state index in [2.05, 4.69) is 10.3 Å². The average molecular weight is 556 g/mol. The van der Waals surface area contributed by atoms with Crippen molar-refractivity contribution in [3.63, 3.8) is 0 Å². The van der Waals surface area contributed by atoms with Gasteiger partial charge in [-0.25, -0.2) is 0 Å². The van der Waals surface area contributed by atoms with Gasteiger partial charge in [0, 0.05) is 61.7 Å². The molecule has 208 valence electrons. The highest BCUT2D eigenvalue weighted by molar-refractivity contribution is 6.72. The number of aromatic nitrogens is 4. The second-order valence-corrected chi connectivity index (χ2v) is 14.6. The molecule has 2 aromatic heterocycles. The van der Waals surface area contributed by atoms with Crippen molar-refractivity contribution in [2.45, 2.75) is 56.7 Å². The molecule has 1 N–H and O–H groups in total. The molecule has 4 heterocycles. The maximum atomic E-state index is 16.0. The number of aliphatic hydroxyl groups excluding tert-OH is 1. The number of likely N-dealkylation sites (N-methyl/N-ethyl adjacent to an activating group) is 1. The van der Waals surface area contributed by atoms with Crippen LogP contribution in [0.25, 0.3) is 5.69 Å². The molecule has 39 heavy (non-hydrogen) atoms. The summed E-state index contributed by atoms with van der Waals surface area (Å²) in [4.78, 5) is 28.5. The molecule has 1 saturated heterocycles. The fourth-order valence-electron chi connectivity index (χ4n) is 6.33. The molecule has 1 fully saturated rings. The Labute approximate surface area is 227 Å². The van der Waals surface area contributed by atoms with Gasteiger partial charge in [0.1, 0.15) is 0 Å². The summed E-state index contributed by atoms with van der Waals surface area (Å²) in [5, 5.41) is 17.4. The summed E-state index contributed by atoms with van der Waals surface area (Å²) in [7, 11) is -0.170. The minimum atomic E-state index is -3.31. The molecule has 3 aromatic rings. The molecule has 2 aliphatic heterocycles. The number of rotatable bonds is 8. The Kier molecular flexibility index (Phi) is 6.98. The number of aliphatic hydroxyl groups is 1. The Balaban J connectivity index is 1.55. The number of carbonyl (C=O) groups is 1. The SMILES string of the molecule is COc1cccn(-c2ccc3c(c2)[C@@]2(O[C@H](CCn4cc(CCO)nn4)[C@@H]([Si](C)(C)F)[C@@H]2C)C(=O)N3C)c1=O. The third kappa shape index (κ3) is 4.40. The first-order valence-electron chi connectivity index (χ1n) is 13.1. The molecule has 0 saturated carbocycles. The van der Waals surface area contributed by atoms with Gasteiger partial charge in [-0.2, -0.15) is 0 Å². The standard InChI is InChI=1S/C27H34FN5O5Si/c1-17-24(39(4,5)28)22(10-13-32-16-18(11-14-34)29-30-32)38-27(17)20-15-19(8-9-21(20)31(2)26(27)36)33-12-6-7-23(37-3)25(33)35/h6-9,12,15-17,22,24,34H,10-11,13-14H2,1-5H3/t17-,22+,24-,27+/m0/s1. The number of carbonyl (C=O) groups excluding carboxylic acids is 1. The summed E-state index contributed by atoms with van der Waals surface area (Å²) in [5.74, 6) is -0.479. The van der Waals surface area contributed by atoms with Gasteiger partial charge in [0.25, 0.3) is 11.5 Å². The van der Waals surface area contributed by atoms with Crippen LogP contribution in [0.5, 0.6) is 5.75 Å². The molecule has 5 rings (SSSR count). The van der Waals surface area contributed by atoms with E-state index in [1.807, 2.05) is 6.92 Å². The van der Waals surface area contributed by atoms with Crippen molar-refractivity contribution in [2.24, 2.45) is 5.92 Å². The molecule has 2 aliphatic rings. The van der Waals surface area contributed by atoms with Crippen LogP contribution in [-0.4, -0.2) is 65.9 Å². The number of pyridine rings is 1. The van der Waals surface area contributed by atoms with Gasteiger partial charge in [-0.3, -0.25) is 18.8 Å². The van der Waals surface area contributed by atoms with E-state index in [0.717, 1.165) is 0 Å². The number of hydrogen-bond acceptors (Lipinski definition) is 7. The number of fused-ring (bicyclic) bond motifs is 2. The molecular formula is C27H34FN5O5Si. The summed E-state index contributed by atoms with van der Waals surface area (Å²) in [6, 6.07) is 8.70. The number of aryl methyl sites for hydroxylation is 1. The molecule has 0 unspecified atom stereocenters. The van der Waals surface area contributed by atoms with E-state index in [1.54, 1.807) is 72.4 Å². The Bertz CT molecular complexity index is 1450. The molecule has 1 amide bonds. The van der Waals surface area contributed by atoms with Crippen LogP contribution >= 0.6 is 0 Å². The topological polar surface area (TPSA) is 112 Å². The second-order valence-electron chi connectivity index (χ2n) is 10.8. The number of ether oxygens (including phenoxy) is 2. The molecule has 4 atom stereocenters. The fourth-order valence-corrected chi connectivity index (χ4v) is 8.87. The van der Waals surface area contributed by atoms with Crippen molar-refractivity contribution in [1.29, 1.82) is 0 Å². The smallest absolute Gasteiger partial charge is 0.297 e. The van der Waals surface area contributed by atoms with E-state index >= 15 is 4.11 Å². The van der Waals surface area contributed by atoms with Gasteiger partial charge in [-0.05, 0) is 49.8 Å². The van der Waals surface area contributed by atoms with E-state index in [9.17, 15) is 9.59 Å². The molecule has 0 radical (unpaired) electrons. The molecule has 10 nitrogen and oxygen atoms in total. The van der Waals surface area contributed by atoms with Crippen molar-refractivity contribution in [2.75, 3.05) is 25.7 Å². The zero-order chi connectivity index (χ0) is 28.1. The average Bonchev–Trinajstić information content (AvgIpc) is 3.53. The molecular weight excluding hydrogens is 521 g/mol. The Morgan fingerprint density at radius 2 is 2.03 bits per heavy atom. The first kappa shape index (κ1) is 27.2. The number of amides is 1. The van der Waals surface area contributed by atoms with Crippen molar-refractivity contribution in [3.8, 4) is 11.4 Å². The Hall–Kier alpha value is -3.35. The normalized spacial score (nSPS) is 24.5. The Morgan fingerprint density at radius 1 is 1.26 bits per heavy atom. The highest BCUT2D eigenvalue weighted by Crippen LogP contribution is 2.60. The highest BCUT2D eigenvalue weighted by Gasteiger charge is 2.66. The molecule has 12 heteroatoms.